The van der Waals surface area contributed by atoms with Gasteiger partial charge in [0, 0.05) is 29.0 Å². The van der Waals surface area contributed by atoms with Crippen LogP contribution in [0, 0.1) is 6.92 Å². The van der Waals surface area contributed by atoms with E-state index in [2.05, 4.69) is 35.5 Å². The predicted molar refractivity (Wildman–Crippen MR) is 103 cm³/mol. The van der Waals surface area contributed by atoms with Crippen molar-refractivity contribution in [2.75, 3.05) is 13.1 Å². The zero-order chi connectivity index (χ0) is 17.2. The van der Waals surface area contributed by atoms with E-state index in [0.717, 1.165) is 40.6 Å². The van der Waals surface area contributed by atoms with E-state index in [9.17, 15) is 4.79 Å². The van der Waals surface area contributed by atoms with Gasteiger partial charge in [-0.15, -0.1) is 22.7 Å². The van der Waals surface area contributed by atoms with Gasteiger partial charge in [-0.3, -0.25) is 4.57 Å². The Hall–Kier alpha value is -2.18. The average Bonchev–Trinajstić information content (AvgIpc) is 3.36. The number of carbonyl (C=O) groups is 1. The third-order valence-corrected chi connectivity index (χ3v) is 6.26. The van der Waals surface area contributed by atoms with E-state index in [-0.39, 0.29) is 6.03 Å². The molecule has 1 saturated heterocycles. The summed E-state index contributed by atoms with van der Waals surface area (Å²) >= 11 is 3.27. The van der Waals surface area contributed by atoms with Gasteiger partial charge >= 0.3 is 6.03 Å². The number of carbonyl (C=O) groups excluding carboxylic acids is 1. The highest BCUT2D eigenvalue weighted by atomic mass is 32.1. The molecular formula is C19H19N3OS2. The molecule has 0 N–H and O–H groups in total. The van der Waals surface area contributed by atoms with Crippen molar-refractivity contribution in [2.45, 2.75) is 19.8 Å². The monoisotopic (exact) mass is 369 g/mol. The molecule has 0 unspecified atom stereocenters. The molecular weight excluding hydrogens is 350 g/mol. The highest BCUT2D eigenvalue weighted by Gasteiger charge is 2.17. The summed E-state index contributed by atoms with van der Waals surface area (Å²) in [6.45, 7) is 3.69. The maximum absolute atomic E-state index is 12.4. The molecule has 128 valence electrons. The number of nitrogens with zero attached hydrogens (tertiary/aromatic N) is 3. The first-order valence-electron chi connectivity index (χ1n) is 8.39. The van der Waals surface area contributed by atoms with E-state index < -0.39 is 0 Å². The van der Waals surface area contributed by atoms with Crippen LogP contribution in [0.2, 0.25) is 0 Å². The largest absolute Gasteiger partial charge is 0.346 e. The molecule has 0 bridgehead atoms. The van der Waals surface area contributed by atoms with Crippen molar-refractivity contribution < 1.29 is 4.79 Å². The van der Waals surface area contributed by atoms with Gasteiger partial charge in [0.15, 0.2) is 4.80 Å². The van der Waals surface area contributed by atoms with Crippen LogP contribution in [0.3, 0.4) is 0 Å². The molecule has 0 spiro atoms. The van der Waals surface area contributed by atoms with Gasteiger partial charge < -0.3 is 4.90 Å². The van der Waals surface area contributed by atoms with Crippen LogP contribution in [0.15, 0.2) is 53.7 Å². The molecule has 0 aliphatic carbocycles. The third-order valence-electron chi connectivity index (χ3n) is 4.22. The van der Waals surface area contributed by atoms with E-state index in [1.54, 1.807) is 22.7 Å². The van der Waals surface area contributed by atoms with E-state index in [4.69, 9.17) is 0 Å². The van der Waals surface area contributed by atoms with E-state index >= 15 is 0 Å². The standard InChI is InChI=1S/C19H19N3OS2/c1-14-13-22(19(24-14)20-18(23)21-11-5-6-12-21)17-10-9-16(25-17)15-7-3-2-4-8-15/h2-4,7-10,13H,5-6,11-12H2,1H3. The summed E-state index contributed by atoms with van der Waals surface area (Å²) < 4.78 is 2.03. The molecule has 3 aromatic rings. The maximum atomic E-state index is 12.4. The van der Waals surface area contributed by atoms with Gasteiger partial charge in [0.2, 0.25) is 0 Å². The van der Waals surface area contributed by atoms with Crippen LogP contribution in [0.1, 0.15) is 17.7 Å². The Bertz CT molecular complexity index is 946. The first kappa shape index (κ1) is 16.3. The summed E-state index contributed by atoms with van der Waals surface area (Å²) in [6.07, 6.45) is 4.22. The van der Waals surface area contributed by atoms with E-state index in [0.29, 0.717) is 0 Å². The summed E-state index contributed by atoms with van der Waals surface area (Å²) in [6, 6.07) is 14.4. The molecule has 1 aromatic carbocycles. The molecule has 1 aliphatic heterocycles. The van der Waals surface area contributed by atoms with Gasteiger partial charge in [-0.1, -0.05) is 30.3 Å². The maximum Gasteiger partial charge on any atom is 0.346 e. The van der Waals surface area contributed by atoms with Gasteiger partial charge in [-0.25, -0.2) is 4.79 Å². The lowest BCUT2D eigenvalue weighted by Gasteiger charge is -2.10. The number of aromatic nitrogens is 1. The lowest BCUT2D eigenvalue weighted by atomic mass is 10.2. The van der Waals surface area contributed by atoms with Crippen LogP contribution in [-0.4, -0.2) is 28.6 Å². The fraction of sp³-hybridized carbons (Fsp3) is 0.263. The Morgan fingerprint density at radius 3 is 2.56 bits per heavy atom. The minimum Gasteiger partial charge on any atom is -0.323 e. The Kier molecular flexibility index (Phi) is 4.55. The predicted octanol–water partition coefficient (Wildman–Crippen LogP) is 4.69. The molecule has 2 aromatic heterocycles. The van der Waals surface area contributed by atoms with Crippen molar-refractivity contribution in [2.24, 2.45) is 4.99 Å². The van der Waals surface area contributed by atoms with E-state index in [1.165, 1.54) is 10.4 Å². The zero-order valence-corrected chi connectivity index (χ0v) is 15.6. The molecule has 0 atom stereocenters. The highest BCUT2D eigenvalue weighted by molar-refractivity contribution is 7.18. The first-order valence-corrected chi connectivity index (χ1v) is 10.0. The number of urea groups is 1. The second kappa shape index (κ2) is 6.98. The molecule has 25 heavy (non-hydrogen) atoms. The number of hydrogen-bond acceptors (Lipinski definition) is 3. The smallest absolute Gasteiger partial charge is 0.323 e. The summed E-state index contributed by atoms with van der Waals surface area (Å²) in [7, 11) is 0. The number of rotatable bonds is 2. The van der Waals surface area contributed by atoms with Gasteiger partial charge in [0.25, 0.3) is 0 Å². The molecule has 3 heterocycles. The second-order valence-corrected chi connectivity index (χ2v) is 8.36. The van der Waals surface area contributed by atoms with Gasteiger partial charge in [-0.05, 0) is 37.5 Å². The average molecular weight is 370 g/mol. The molecule has 4 rings (SSSR count). The van der Waals surface area contributed by atoms with Crippen molar-refractivity contribution in [3.05, 3.63) is 58.3 Å². The fourth-order valence-electron chi connectivity index (χ4n) is 2.97. The number of benzene rings is 1. The Labute approximate surface area is 154 Å². The van der Waals surface area contributed by atoms with Gasteiger partial charge in [0.1, 0.15) is 5.00 Å². The Balaban J connectivity index is 1.70. The van der Waals surface area contributed by atoms with Crippen LogP contribution >= 0.6 is 22.7 Å². The van der Waals surface area contributed by atoms with Crippen LogP contribution in [0.5, 0.6) is 0 Å². The lowest BCUT2D eigenvalue weighted by molar-refractivity contribution is 0.218. The quantitative estimate of drug-likeness (QED) is 0.645. The molecule has 2 amide bonds. The summed E-state index contributed by atoms with van der Waals surface area (Å²) in [5, 5.41) is 1.08. The first-order chi connectivity index (χ1) is 12.2. The molecule has 6 heteroatoms. The van der Waals surface area contributed by atoms with Crippen LogP contribution < -0.4 is 4.80 Å². The van der Waals surface area contributed by atoms with Crippen molar-refractivity contribution in [3.63, 3.8) is 0 Å². The van der Waals surface area contributed by atoms with Crippen molar-refractivity contribution in [1.29, 1.82) is 0 Å². The highest BCUT2D eigenvalue weighted by Crippen LogP contribution is 2.30. The second-order valence-electron chi connectivity index (χ2n) is 6.09. The molecule has 0 saturated carbocycles. The van der Waals surface area contributed by atoms with Gasteiger partial charge in [-0.2, -0.15) is 4.99 Å². The third kappa shape index (κ3) is 3.45. The topological polar surface area (TPSA) is 37.6 Å². The normalized spacial score (nSPS) is 15.1. The number of thiazole rings is 1. The van der Waals surface area contributed by atoms with Crippen molar-refractivity contribution in [1.82, 2.24) is 9.47 Å². The summed E-state index contributed by atoms with van der Waals surface area (Å²) in [5.41, 5.74) is 1.21. The van der Waals surface area contributed by atoms with Crippen molar-refractivity contribution >= 4 is 28.7 Å². The van der Waals surface area contributed by atoms with E-state index in [1.807, 2.05) is 34.6 Å². The summed E-state index contributed by atoms with van der Waals surface area (Å²) in [5.74, 6) is 0. The number of aryl methyl sites for hydroxylation is 1. The van der Waals surface area contributed by atoms with Crippen LogP contribution in [-0.2, 0) is 0 Å². The Morgan fingerprint density at radius 1 is 1.04 bits per heavy atom. The minimum absolute atomic E-state index is 0.118. The van der Waals surface area contributed by atoms with Crippen LogP contribution in [0.25, 0.3) is 15.4 Å². The number of amides is 2. The SMILES string of the molecule is Cc1cn(-c2ccc(-c3ccccc3)s2)c(=NC(=O)N2CCCC2)s1. The van der Waals surface area contributed by atoms with Gasteiger partial charge in [0.05, 0.1) is 0 Å². The zero-order valence-electron chi connectivity index (χ0n) is 14.0. The van der Waals surface area contributed by atoms with Crippen molar-refractivity contribution in [3.8, 4) is 15.4 Å². The number of thiophene rings is 1. The number of likely N-dealkylation sites (tertiary alicyclic amines) is 1. The fourth-order valence-corrected chi connectivity index (χ4v) is 4.83. The van der Waals surface area contributed by atoms with Crippen LogP contribution in [0.4, 0.5) is 4.79 Å². The Morgan fingerprint density at radius 2 is 1.80 bits per heavy atom. The molecule has 4 nitrogen and oxygen atoms in total. The number of hydrogen-bond donors (Lipinski definition) is 0. The lowest BCUT2D eigenvalue weighted by Crippen LogP contribution is -2.27. The molecule has 0 radical (unpaired) electrons. The molecule has 1 aliphatic rings. The minimum atomic E-state index is -0.118. The molecule has 1 fully saturated rings. The summed E-state index contributed by atoms with van der Waals surface area (Å²) in [4.78, 5) is 21.7.